The molecule has 0 amide bonds. The number of benzene rings is 1. The van der Waals surface area contributed by atoms with Crippen molar-refractivity contribution >= 4 is 11.8 Å². The van der Waals surface area contributed by atoms with Crippen molar-refractivity contribution in [2.24, 2.45) is 0 Å². The predicted octanol–water partition coefficient (Wildman–Crippen LogP) is 3.92. The molecule has 1 unspecified atom stereocenters. The topological polar surface area (TPSA) is 3.24 Å². The molecule has 0 saturated heterocycles. The minimum Gasteiger partial charge on any atom is -0.360 e. The van der Waals surface area contributed by atoms with Gasteiger partial charge in [-0.15, -0.1) is 11.8 Å². The molecular formula is C13H17NS. The summed E-state index contributed by atoms with van der Waals surface area (Å²) in [5, 5.41) is 2.18. The lowest BCUT2D eigenvalue weighted by molar-refractivity contribution is 0.321. The molecule has 1 atom stereocenters. The summed E-state index contributed by atoms with van der Waals surface area (Å²) in [5.74, 6) is 1.09. The smallest absolute Gasteiger partial charge is 0.0681 e. The fraction of sp³-hybridized carbons (Fsp3) is 0.385. The van der Waals surface area contributed by atoms with Crippen molar-refractivity contribution in [1.29, 1.82) is 0 Å². The monoisotopic (exact) mass is 219 g/mol. The third-order valence-corrected chi connectivity index (χ3v) is 3.58. The minimum absolute atomic E-state index is 0.539. The van der Waals surface area contributed by atoms with Crippen molar-refractivity contribution in [3.05, 3.63) is 47.0 Å². The molecular weight excluding hydrogens is 202 g/mol. The number of hydrogen-bond acceptors (Lipinski definition) is 2. The summed E-state index contributed by atoms with van der Waals surface area (Å²) in [6.45, 7) is 4.39. The van der Waals surface area contributed by atoms with Gasteiger partial charge in [-0.2, -0.15) is 0 Å². The Labute approximate surface area is 96.2 Å². The average molecular weight is 219 g/mol. The second-order valence-electron chi connectivity index (χ2n) is 3.93. The van der Waals surface area contributed by atoms with E-state index in [0.29, 0.717) is 6.04 Å². The Bertz CT molecular complexity index is 342. The van der Waals surface area contributed by atoms with Gasteiger partial charge < -0.3 is 4.90 Å². The van der Waals surface area contributed by atoms with E-state index in [4.69, 9.17) is 0 Å². The van der Waals surface area contributed by atoms with Crippen LogP contribution in [0.5, 0.6) is 0 Å². The maximum Gasteiger partial charge on any atom is 0.0681 e. The van der Waals surface area contributed by atoms with Gasteiger partial charge in [0.15, 0.2) is 0 Å². The SMILES string of the molecule is CCC(c1ccc(C)cc1)N1C=CSC1. The molecule has 0 aromatic heterocycles. The zero-order valence-corrected chi connectivity index (χ0v) is 10.1. The van der Waals surface area contributed by atoms with Crippen LogP contribution in [-0.2, 0) is 0 Å². The van der Waals surface area contributed by atoms with Crippen LogP contribution in [0, 0.1) is 6.92 Å². The van der Waals surface area contributed by atoms with Crippen LogP contribution in [0.15, 0.2) is 35.9 Å². The largest absolute Gasteiger partial charge is 0.360 e. The first-order valence-electron chi connectivity index (χ1n) is 5.42. The molecule has 1 heterocycles. The maximum atomic E-state index is 2.41. The molecule has 0 N–H and O–H groups in total. The molecule has 1 aromatic carbocycles. The van der Waals surface area contributed by atoms with Crippen LogP contribution in [0.25, 0.3) is 0 Å². The van der Waals surface area contributed by atoms with Crippen molar-refractivity contribution in [2.45, 2.75) is 26.3 Å². The summed E-state index contributed by atoms with van der Waals surface area (Å²) < 4.78 is 0. The molecule has 0 aliphatic carbocycles. The molecule has 0 spiro atoms. The first-order valence-corrected chi connectivity index (χ1v) is 6.46. The normalized spacial score (nSPS) is 17.1. The summed E-state index contributed by atoms with van der Waals surface area (Å²) in [6.07, 6.45) is 3.37. The standard InChI is InChI=1S/C13H17NS/c1-3-13(14-8-9-15-10-14)12-6-4-11(2)5-7-12/h4-9,13H,3,10H2,1-2H3. The van der Waals surface area contributed by atoms with Gasteiger partial charge in [-0.05, 0) is 24.3 Å². The van der Waals surface area contributed by atoms with Crippen LogP contribution in [0.3, 0.4) is 0 Å². The molecule has 1 aliphatic heterocycles. The summed E-state index contributed by atoms with van der Waals surface area (Å²) in [5.41, 5.74) is 2.76. The van der Waals surface area contributed by atoms with E-state index in [0.717, 1.165) is 12.3 Å². The molecule has 15 heavy (non-hydrogen) atoms. The van der Waals surface area contributed by atoms with Crippen molar-refractivity contribution in [3.63, 3.8) is 0 Å². The van der Waals surface area contributed by atoms with Gasteiger partial charge in [-0.25, -0.2) is 0 Å². The number of hydrogen-bond donors (Lipinski definition) is 0. The van der Waals surface area contributed by atoms with Crippen LogP contribution in [-0.4, -0.2) is 10.8 Å². The summed E-state index contributed by atoms with van der Waals surface area (Å²) >= 11 is 1.87. The lowest BCUT2D eigenvalue weighted by Gasteiger charge is -2.26. The first-order chi connectivity index (χ1) is 7.31. The molecule has 2 heteroatoms. The van der Waals surface area contributed by atoms with Gasteiger partial charge in [-0.3, -0.25) is 0 Å². The first kappa shape index (κ1) is 10.6. The molecule has 0 saturated carbocycles. The highest BCUT2D eigenvalue weighted by atomic mass is 32.2. The fourth-order valence-electron chi connectivity index (χ4n) is 1.94. The van der Waals surface area contributed by atoms with E-state index in [-0.39, 0.29) is 0 Å². The Morgan fingerprint density at radius 2 is 2.07 bits per heavy atom. The quantitative estimate of drug-likeness (QED) is 0.758. The van der Waals surface area contributed by atoms with Gasteiger partial charge in [0.05, 0.1) is 11.9 Å². The van der Waals surface area contributed by atoms with Crippen molar-refractivity contribution < 1.29 is 0 Å². The van der Waals surface area contributed by atoms with Crippen LogP contribution in [0.2, 0.25) is 0 Å². The molecule has 1 aliphatic rings. The zero-order valence-electron chi connectivity index (χ0n) is 9.31. The van der Waals surface area contributed by atoms with E-state index in [9.17, 15) is 0 Å². The van der Waals surface area contributed by atoms with Crippen LogP contribution in [0.4, 0.5) is 0 Å². The molecule has 0 fully saturated rings. The van der Waals surface area contributed by atoms with Gasteiger partial charge in [-0.1, -0.05) is 36.8 Å². The Kier molecular flexibility index (Phi) is 3.37. The van der Waals surface area contributed by atoms with E-state index >= 15 is 0 Å². The van der Waals surface area contributed by atoms with E-state index < -0.39 is 0 Å². The second-order valence-corrected chi connectivity index (χ2v) is 4.79. The molecule has 2 rings (SSSR count). The third-order valence-electron chi connectivity index (χ3n) is 2.82. The van der Waals surface area contributed by atoms with E-state index in [2.05, 4.69) is 54.6 Å². The highest BCUT2D eigenvalue weighted by Gasteiger charge is 2.17. The Balaban J connectivity index is 2.18. The average Bonchev–Trinajstić information content (AvgIpc) is 2.75. The van der Waals surface area contributed by atoms with Crippen LogP contribution >= 0.6 is 11.8 Å². The van der Waals surface area contributed by atoms with Crippen molar-refractivity contribution in [1.82, 2.24) is 4.90 Å². The van der Waals surface area contributed by atoms with Crippen molar-refractivity contribution in [2.75, 3.05) is 5.88 Å². The van der Waals surface area contributed by atoms with E-state index in [1.54, 1.807) is 0 Å². The fourth-order valence-corrected chi connectivity index (χ4v) is 2.70. The summed E-state index contributed by atoms with van der Waals surface area (Å²) in [4.78, 5) is 2.41. The van der Waals surface area contributed by atoms with Crippen LogP contribution in [0.1, 0.15) is 30.5 Å². The number of nitrogens with zero attached hydrogens (tertiary/aromatic N) is 1. The number of aryl methyl sites for hydroxylation is 1. The molecule has 1 aromatic rings. The minimum atomic E-state index is 0.539. The molecule has 1 nitrogen and oxygen atoms in total. The lowest BCUT2D eigenvalue weighted by Crippen LogP contribution is -2.20. The predicted molar refractivity (Wildman–Crippen MR) is 67.6 cm³/mol. The Hall–Kier alpha value is -0.890. The van der Waals surface area contributed by atoms with Gasteiger partial charge >= 0.3 is 0 Å². The van der Waals surface area contributed by atoms with Gasteiger partial charge in [0.2, 0.25) is 0 Å². The Morgan fingerprint density at radius 3 is 2.60 bits per heavy atom. The highest BCUT2D eigenvalue weighted by Crippen LogP contribution is 2.30. The zero-order chi connectivity index (χ0) is 10.7. The van der Waals surface area contributed by atoms with Gasteiger partial charge in [0.1, 0.15) is 0 Å². The van der Waals surface area contributed by atoms with Crippen molar-refractivity contribution in [3.8, 4) is 0 Å². The van der Waals surface area contributed by atoms with Gasteiger partial charge in [0.25, 0.3) is 0 Å². The number of thioether (sulfide) groups is 1. The summed E-state index contributed by atoms with van der Waals surface area (Å²) in [6, 6.07) is 9.44. The van der Waals surface area contributed by atoms with E-state index in [1.165, 1.54) is 11.1 Å². The number of rotatable bonds is 3. The Morgan fingerprint density at radius 1 is 1.33 bits per heavy atom. The van der Waals surface area contributed by atoms with E-state index in [1.807, 2.05) is 11.8 Å². The highest BCUT2D eigenvalue weighted by molar-refractivity contribution is 8.02. The summed E-state index contributed by atoms with van der Waals surface area (Å²) in [7, 11) is 0. The molecule has 0 radical (unpaired) electrons. The molecule has 0 bridgehead atoms. The molecule has 80 valence electrons. The lowest BCUT2D eigenvalue weighted by atomic mass is 10.0. The second kappa shape index (κ2) is 4.75. The third kappa shape index (κ3) is 2.37. The van der Waals surface area contributed by atoms with Gasteiger partial charge in [0, 0.05) is 6.20 Å². The maximum absolute atomic E-state index is 2.41. The van der Waals surface area contributed by atoms with Crippen LogP contribution < -0.4 is 0 Å².